The van der Waals surface area contributed by atoms with Gasteiger partial charge in [-0.3, -0.25) is 0 Å². The van der Waals surface area contributed by atoms with Gasteiger partial charge in [0.15, 0.2) is 0 Å². The third-order valence-corrected chi connectivity index (χ3v) is 1.78. The second kappa shape index (κ2) is 2.58. The van der Waals surface area contributed by atoms with Crippen LogP contribution in [0.1, 0.15) is 6.92 Å². The van der Waals surface area contributed by atoms with Crippen LogP contribution in [0.3, 0.4) is 0 Å². The zero-order chi connectivity index (χ0) is 6.62. The van der Waals surface area contributed by atoms with Gasteiger partial charge in [0.05, 0.1) is 5.75 Å². The van der Waals surface area contributed by atoms with Crippen molar-refractivity contribution >= 4 is 10.0 Å². The molecule has 3 nitrogen and oxygen atoms in total. The molecular weight excluding hydrogens is 126 g/mol. The summed E-state index contributed by atoms with van der Waals surface area (Å²) in [6, 6.07) is 1.82. The minimum Gasteiger partial charge on any atom is -0.242 e. The van der Waals surface area contributed by atoms with Crippen LogP contribution in [0.5, 0.6) is 0 Å². The Bertz CT molecular complexity index is 187. The Morgan fingerprint density at radius 1 is 1.75 bits per heavy atom. The molecule has 0 radical (unpaired) electrons. The molecule has 46 valence electrons. The van der Waals surface area contributed by atoms with Gasteiger partial charge < -0.3 is 0 Å². The molecule has 0 amide bonds. The first kappa shape index (κ1) is 7.31. The highest BCUT2D eigenvalue weighted by Gasteiger charge is 1.99. The van der Waals surface area contributed by atoms with Crippen LogP contribution in [-0.4, -0.2) is 14.2 Å². The smallest absolute Gasteiger partial charge is 0.239 e. The van der Waals surface area contributed by atoms with Gasteiger partial charge in [0, 0.05) is 6.04 Å². The van der Waals surface area contributed by atoms with Crippen molar-refractivity contribution in [2.45, 2.75) is 6.92 Å². The number of terminal acetylenes is 1. The third kappa shape index (κ3) is 2.48. The molecule has 0 bridgehead atoms. The third-order valence-electron chi connectivity index (χ3n) is 0.594. The molecule has 0 atom stereocenters. The van der Waals surface area contributed by atoms with Crippen molar-refractivity contribution in [3.8, 4) is 12.5 Å². The van der Waals surface area contributed by atoms with Crippen LogP contribution in [0.15, 0.2) is 0 Å². The van der Waals surface area contributed by atoms with Gasteiger partial charge >= 0.3 is 0 Å². The maximum Gasteiger partial charge on any atom is 0.239 e. The summed E-state index contributed by atoms with van der Waals surface area (Å²) in [5.74, 6) is 0.0250. The predicted molar refractivity (Wildman–Crippen MR) is 31.4 cm³/mol. The van der Waals surface area contributed by atoms with Crippen LogP contribution in [0, 0.1) is 12.5 Å². The van der Waals surface area contributed by atoms with Crippen LogP contribution in [0.4, 0.5) is 0 Å². The van der Waals surface area contributed by atoms with E-state index >= 15 is 0 Å². The highest BCUT2D eigenvalue weighted by atomic mass is 32.2. The first-order valence-electron chi connectivity index (χ1n) is 2.07. The van der Waals surface area contributed by atoms with Crippen molar-refractivity contribution in [1.29, 1.82) is 0 Å². The summed E-state index contributed by atoms with van der Waals surface area (Å²) in [5, 5.41) is 0. The SMILES string of the molecule is C#CNS(=O)(=O)CC. The molecule has 0 saturated carbocycles. The molecule has 0 fully saturated rings. The predicted octanol–water partition coefficient (Wildman–Crippen LogP) is -0.484. The van der Waals surface area contributed by atoms with Crippen LogP contribution in [-0.2, 0) is 10.0 Å². The molecule has 4 heteroatoms. The molecule has 0 aliphatic heterocycles. The van der Waals surface area contributed by atoms with Gasteiger partial charge in [-0.1, -0.05) is 6.42 Å². The fraction of sp³-hybridized carbons (Fsp3) is 0.500. The highest BCUT2D eigenvalue weighted by Crippen LogP contribution is 1.77. The lowest BCUT2D eigenvalue weighted by Crippen LogP contribution is -2.19. The fourth-order valence-corrected chi connectivity index (χ4v) is 0.486. The molecule has 1 N–H and O–H groups in total. The average molecular weight is 133 g/mol. The molecule has 0 aliphatic carbocycles. The molecular formula is C4H7NO2S. The quantitative estimate of drug-likeness (QED) is 0.408. The maximum absolute atomic E-state index is 10.3. The Labute approximate surface area is 49.1 Å². The lowest BCUT2D eigenvalue weighted by molar-refractivity contribution is 0.593. The normalized spacial score (nSPS) is 10.0. The van der Waals surface area contributed by atoms with Gasteiger partial charge in [-0.2, -0.15) is 0 Å². The minimum absolute atomic E-state index is 0.0250. The van der Waals surface area contributed by atoms with Gasteiger partial charge in [0.2, 0.25) is 10.0 Å². The largest absolute Gasteiger partial charge is 0.242 e. The standard InChI is InChI=1S/C4H7NO2S/c1-3-5-8(6,7)4-2/h1,5H,4H2,2H3. The molecule has 0 unspecified atom stereocenters. The van der Waals surface area contributed by atoms with E-state index in [9.17, 15) is 8.42 Å². The summed E-state index contributed by atoms with van der Waals surface area (Å²) in [5.41, 5.74) is 0. The second-order valence-corrected chi connectivity index (χ2v) is 3.16. The van der Waals surface area contributed by atoms with Crippen molar-refractivity contribution in [2.75, 3.05) is 5.75 Å². The Morgan fingerprint density at radius 3 is 2.38 bits per heavy atom. The molecule has 0 heterocycles. The van der Waals surface area contributed by atoms with E-state index in [0.717, 1.165) is 0 Å². The fourth-order valence-electron chi connectivity index (χ4n) is 0.162. The summed E-state index contributed by atoms with van der Waals surface area (Å²) >= 11 is 0. The molecule has 0 aromatic heterocycles. The monoisotopic (exact) mass is 133 g/mol. The van der Waals surface area contributed by atoms with Gasteiger partial charge in [0.1, 0.15) is 0 Å². The second-order valence-electron chi connectivity index (χ2n) is 1.15. The van der Waals surface area contributed by atoms with E-state index in [2.05, 4.69) is 6.42 Å². The number of nitrogens with one attached hydrogen (secondary N) is 1. The van der Waals surface area contributed by atoms with Crippen molar-refractivity contribution < 1.29 is 8.42 Å². The molecule has 0 aliphatic rings. The highest BCUT2D eigenvalue weighted by molar-refractivity contribution is 7.89. The van der Waals surface area contributed by atoms with Crippen molar-refractivity contribution in [3.05, 3.63) is 0 Å². The van der Waals surface area contributed by atoms with Gasteiger partial charge in [0.25, 0.3) is 0 Å². The molecule has 0 spiro atoms. The molecule has 0 rings (SSSR count). The maximum atomic E-state index is 10.3. The van der Waals surface area contributed by atoms with Crippen LogP contribution in [0.2, 0.25) is 0 Å². The minimum atomic E-state index is -3.16. The first-order chi connectivity index (χ1) is 3.62. The molecule has 8 heavy (non-hydrogen) atoms. The van der Waals surface area contributed by atoms with E-state index < -0.39 is 10.0 Å². The Kier molecular flexibility index (Phi) is 2.35. The van der Waals surface area contributed by atoms with E-state index in [1.54, 1.807) is 0 Å². The van der Waals surface area contributed by atoms with Crippen molar-refractivity contribution in [2.24, 2.45) is 0 Å². The van der Waals surface area contributed by atoms with Gasteiger partial charge in [-0.05, 0) is 6.92 Å². The van der Waals surface area contributed by atoms with Crippen LogP contribution >= 0.6 is 0 Å². The van der Waals surface area contributed by atoms with Crippen molar-refractivity contribution in [3.63, 3.8) is 0 Å². The summed E-state index contributed by atoms with van der Waals surface area (Å²) in [7, 11) is -3.16. The van der Waals surface area contributed by atoms with E-state index in [-0.39, 0.29) is 5.75 Å². The first-order valence-corrected chi connectivity index (χ1v) is 3.72. The van der Waals surface area contributed by atoms with Crippen molar-refractivity contribution in [1.82, 2.24) is 4.72 Å². The lowest BCUT2D eigenvalue weighted by Gasteiger charge is -1.92. The summed E-state index contributed by atoms with van der Waals surface area (Å²) < 4.78 is 22.6. The van der Waals surface area contributed by atoms with E-state index in [1.807, 2.05) is 10.8 Å². The summed E-state index contributed by atoms with van der Waals surface area (Å²) in [6.07, 6.45) is 4.65. The zero-order valence-corrected chi connectivity index (χ0v) is 5.33. The van der Waals surface area contributed by atoms with E-state index in [4.69, 9.17) is 0 Å². The molecule has 0 saturated heterocycles. The number of hydrogen-bond donors (Lipinski definition) is 1. The average Bonchev–Trinajstić information content (AvgIpc) is 1.67. The Balaban J connectivity index is 4.01. The topological polar surface area (TPSA) is 46.2 Å². The Hall–Kier alpha value is -0.690. The molecule has 0 aromatic rings. The Morgan fingerprint density at radius 2 is 2.25 bits per heavy atom. The zero-order valence-electron chi connectivity index (χ0n) is 4.51. The van der Waals surface area contributed by atoms with Crippen LogP contribution < -0.4 is 4.72 Å². The van der Waals surface area contributed by atoms with E-state index in [1.165, 1.54) is 6.92 Å². The van der Waals surface area contributed by atoms with Gasteiger partial charge in [-0.25, -0.2) is 13.1 Å². The van der Waals surface area contributed by atoms with Gasteiger partial charge in [-0.15, -0.1) is 0 Å². The molecule has 0 aromatic carbocycles. The van der Waals surface area contributed by atoms with E-state index in [0.29, 0.717) is 0 Å². The number of sulfonamides is 1. The van der Waals surface area contributed by atoms with Crippen LogP contribution in [0.25, 0.3) is 0 Å². The lowest BCUT2D eigenvalue weighted by atomic mass is 11.0. The summed E-state index contributed by atoms with van der Waals surface area (Å²) in [4.78, 5) is 0. The number of hydrogen-bond acceptors (Lipinski definition) is 2. The summed E-state index contributed by atoms with van der Waals surface area (Å²) in [6.45, 7) is 1.51. The number of rotatable bonds is 2.